The van der Waals surface area contributed by atoms with Crippen molar-refractivity contribution < 1.29 is 4.39 Å². The van der Waals surface area contributed by atoms with Crippen LogP contribution in [0.4, 0.5) is 10.2 Å². The number of aromatic nitrogens is 3. The lowest BCUT2D eigenvalue weighted by molar-refractivity contribution is 0.425. The van der Waals surface area contributed by atoms with E-state index in [0.29, 0.717) is 0 Å². The summed E-state index contributed by atoms with van der Waals surface area (Å²) >= 11 is 0. The molecule has 5 nitrogen and oxygen atoms in total. The van der Waals surface area contributed by atoms with Gasteiger partial charge in [-0.05, 0) is 52.6 Å². The lowest BCUT2D eigenvalue weighted by atomic mass is 10.1. The monoisotopic (exact) mass is 341 g/mol. The van der Waals surface area contributed by atoms with Gasteiger partial charge in [0, 0.05) is 29.9 Å². The topological polar surface area (TPSA) is 45.5 Å². The molecule has 3 aromatic rings. The molecule has 0 aliphatic heterocycles. The maximum absolute atomic E-state index is 13.3. The Morgan fingerprint density at radius 3 is 2.40 bits per heavy atom. The summed E-state index contributed by atoms with van der Waals surface area (Å²) in [6, 6.07) is 6.48. The maximum atomic E-state index is 13.3. The largest absolute Gasteiger partial charge is 0.368 e. The summed E-state index contributed by atoms with van der Waals surface area (Å²) in [6.07, 6.45) is 0. The van der Waals surface area contributed by atoms with Crippen molar-refractivity contribution in [1.29, 1.82) is 0 Å². The molecule has 0 aliphatic rings. The van der Waals surface area contributed by atoms with E-state index in [1.807, 2.05) is 39.4 Å². The van der Waals surface area contributed by atoms with Gasteiger partial charge in [0.15, 0.2) is 5.65 Å². The van der Waals surface area contributed by atoms with Gasteiger partial charge in [0.05, 0.1) is 5.69 Å². The lowest BCUT2D eigenvalue weighted by Gasteiger charge is -2.15. The smallest absolute Gasteiger partial charge is 0.165 e. The summed E-state index contributed by atoms with van der Waals surface area (Å²) in [6.45, 7) is 7.75. The standard InChI is InChI=1S/C19H24FN5/c1-12-13(2)22-19-17(15-6-8-16(20)9-7-15)14(3)23-25(19)18(12)21-10-11-24(4)5/h6-9,21H,10-11H2,1-5H3. The molecule has 25 heavy (non-hydrogen) atoms. The summed E-state index contributed by atoms with van der Waals surface area (Å²) in [5.74, 6) is 0.713. The predicted molar refractivity (Wildman–Crippen MR) is 99.6 cm³/mol. The Morgan fingerprint density at radius 2 is 1.76 bits per heavy atom. The normalized spacial score (nSPS) is 11.5. The molecule has 132 valence electrons. The highest BCUT2D eigenvalue weighted by molar-refractivity contribution is 5.81. The third-order valence-corrected chi connectivity index (χ3v) is 4.40. The molecule has 0 aliphatic carbocycles. The van der Waals surface area contributed by atoms with Gasteiger partial charge in [-0.2, -0.15) is 9.61 Å². The van der Waals surface area contributed by atoms with E-state index in [4.69, 9.17) is 10.1 Å². The van der Waals surface area contributed by atoms with Gasteiger partial charge in [0.25, 0.3) is 0 Å². The SMILES string of the molecule is Cc1nc2c(-c3ccc(F)cc3)c(C)nn2c(NCCN(C)C)c1C. The summed E-state index contributed by atoms with van der Waals surface area (Å²) < 4.78 is 15.1. The van der Waals surface area contributed by atoms with Crippen LogP contribution in [0.15, 0.2) is 24.3 Å². The third-order valence-electron chi connectivity index (χ3n) is 4.40. The van der Waals surface area contributed by atoms with Gasteiger partial charge < -0.3 is 10.2 Å². The fourth-order valence-corrected chi connectivity index (χ4v) is 2.91. The van der Waals surface area contributed by atoms with E-state index < -0.39 is 0 Å². The number of halogens is 1. The first-order valence-corrected chi connectivity index (χ1v) is 8.39. The molecule has 0 radical (unpaired) electrons. The first kappa shape index (κ1) is 17.4. The Balaban J connectivity index is 2.13. The van der Waals surface area contributed by atoms with Crippen molar-refractivity contribution in [3.8, 4) is 11.1 Å². The van der Waals surface area contributed by atoms with Crippen LogP contribution in [0.3, 0.4) is 0 Å². The van der Waals surface area contributed by atoms with Gasteiger partial charge in [0.1, 0.15) is 11.6 Å². The van der Waals surface area contributed by atoms with Crippen LogP contribution < -0.4 is 5.32 Å². The van der Waals surface area contributed by atoms with Crippen LogP contribution >= 0.6 is 0 Å². The fourth-order valence-electron chi connectivity index (χ4n) is 2.91. The molecule has 2 heterocycles. The van der Waals surface area contributed by atoms with Crippen molar-refractivity contribution in [1.82, 2.24) is 19.5 Å². The zero-order chi connectivity index (χ0) is 18.1. The molecule has 0 saturated carbocycles. The number of anilines is 1. The molecule has 6 heteroatoms. The molecule has 0 atom stereocenters. The van der Waals surface area contributed by atoms with Crippen LogP contribution in [0.25, 0.3) is 16.8 Å². The highest BCUT2D eigenvalue weighted by atomic mass is 19.1. The van der Waals surface area contributed by atoms with E-state index in [0.717, 1.165) is 52.6 Å². The Hall–Kier alpha value is -2.47. The molecular formula is C19H24FN5. The van der Waals surface area contributed by atoms with Gasteiger partial charge >= 0.3 is 0 Å². The Bertz CT molecular complexity index is 897. The summed E-state index contributed by atoms with van der Waals surface area (Å²) in [7, 11) is 4.10. The molecule has 0 bridgehead atoms. The molecule has 0 unspecified atom stereocenters. The number of rotatable bonds is 5. The summed E-state index contributed by atoms with van der Waals surface area (Å²) in [5, 5.41) is 8.18. The average molecular weight is 341 g/mol. The minimum absolute atomic E-state index is 0.246. The van der Waals surface area contributed by atoms with Crippen LogP contribution in [0.2, 0.25) is 0 Å². The lowest BCUT2D eigenvalue weighted by Crippen LogP contribution is -2.22. The highest BCUT2D eigenvalue weighted by Crippen LogP contribution is 2.30. The van der Waals surface area contributed by atoms with E-state index in [1.54, 1.807) is 12.1 Å². The molecular weight excluding hydrogens is 317 g/mol. The number of nitrogens with one attached hydrogen (secondary N) is 1. The van der Waals surface area contributed by atoms with E-state index >= 15 is 0 Å². The quantitative estimate of drug-likeness (QED) is 0.772. The van der Waals surface area contributed by atoms with Gasteiger partial charge in [-0.1, -0.05) is 12.1 Å². The maximum Gasteiger partial charge on any atom is 0.165 e. The van der Waals surface area contributed by atoms with Crippen molar-refractivity contribution in [2.75, 3.05) is 32.5 Å². The fraction of sp³-hybridized carbons (Fsp3) is 0.368. The van der Waals surface area contributed by atoms with Crippen LogP contribution in [0.1, 0.15) is 17.0 Å². The number of hydrogen-bond donors (Lipinski definition) is 1. The van der Waals surface area contributed by atoms with Crippen molar-refractivity contribution >= 4 is 11.5 Å². The molecule has 2 aromatic heterocycles. The Kier molecular flexibility index (Phi) is 4.72. The van der Waals surface area contributed by atoms with Gasteiger partial charge in [-0.25, -0.2) is 9.37 Å². The van der Waals surface area contributed by atoms with Crippen molar-refractivity contribution in [2.45, 2.75) is 20.8 Å². The molecule has 0 spiro atoms. The van der Waals surface area contributed by atoms with Crippen LogP contribution in [-0.4, -0.2) is 46.7 Å². The van der Waals surface area contributed by atoms with Crippen LogP contribution in [0, 0.1) is 26.6 Å². The van der Waals surface area contributed by atoms with Crippen molar-refractivity contribution in [2.24, 2.45) is 0 Å². The van der Waals surface area contributed by atoms with Gasteiger partial charge in [-0.15, -0.1) is 0 Å². The molecule has 1 N–H and O–H groups in total. The van der Waals surface area contributed by atoms with Crippen molar-refractivity contribution in [3.05, 3.63) is 47.0 Å². The van der Waals surface area contributed by atoms with Crippen molar-refractivity contribution in [3.63, 3.8) is 0 Å². The van der Waals surface area contributed by atoms with E-state index in [2.05, 4.69) is 10.2 Å². The summed E-state index contributed by atoms with van der Waals surface area (Å²) in [5.41, 5.74) is 5.57. The van der Waals surface area contributed by atoms with E-state index in [-0.39, 0.29) is 5.82 Å². The summed E-state index contributed by atoms with van der Waals surface area (Å²) in [4.78, 5) is 6.89. The minimum Gasteiger partial charge on any atom is -0.368 e. The second-order valence-electron chi connectivity index (χ2n) is 6.60. The molecule has 1 aromatic carbocycles. The number of likely N-dealkylation sites (N-methyl/N-ethyl adjacent to an activating group) is 1. The zero-order valence-corrected chi connectivity index (χ0v) is 15.4. The zero-order valence-electron chi connectivity index (χ0n) is 15.4. The second kappa shape index (κ2) is 6.80. The first-order valence-electron chi connectivity index (χ1n) is 8.39. The molecule has 0 amide bonds. The highest BCUT2D eigenvalue weighted by Gasteiger charge is 2.18. The second-order valence-corrected chi connectivity index (χ2v) is 6.60. The average Bonchev–Trinajstić information content (AvgIpc) is 2.87. The predicted octanol–water partition coefficient (Wildman–Crippen LogP) is 3.43. The van der Waals surface area contributed by atoms with Crippen LogP contribution in [-0.2, 0) is 0 Å². The number of hydrogen-bond acceptors (Lipinski definition) is 4. The minimum atomic E-state index is -0.246. The number of benzene rings is 1. The Labute approximate surface area is 147 Å². The van der Waals surface area contributed by atoms with Gasteiger partial charge in [0.2, 0.25) is 0 Å². The first-order chi connectivity index (χ1) is 11.9. The number of fused-ring (bicyclic) bond motifs is 1. The molecule has 0 fully saturated rings. The molecule has 0 saturated heterocycles. The van der Waals surface area contributed by atoms with Gasteiger partial charge in [-0.3, -0.25) is 0 Å². The van der Waals surface area contributed by atoms with E-state index in [9.17, 15) is 4.39 Å². The number of nitrogens with zero attached hydrogens (tertiary/aromatic N) is 4. The van der Waals surface area contributed by atoms with E-state index in [1.165, 1.54) is 12.1 Å². The third kappa shape index (κ3) is 3.35. The molecule has 3 rings (SSSR count). The van der Waals surface area contributed by atoms with Crippen LogP contribution in [0.5, 0.6) is 0 Å². The number of aryl methyl sites for hydroxylation is 2. The Morgan fingerprint density at radius 1 is 1.08 bits per heavy atom.